The third-order valence-corrected chi connectivity index (χ3v) is 4.38. The van der Waals surface area contributed by atoms with Crippen molar-refractivity contribution in [2.45, 2.75) is 19.7 Å². The minimum atomic E-state index is -1.22. The Hall–Kier alpha value is -2.06. The minimum Gasteiger partial charge on any atom is -0.493 e. The van der Waals surface area contributed by atoms with Gasteiger partial charge < -0.3 is 24.4 Å². The van der Waals surface area contributed by atoms with E-state index < -0.39 is 7.12 Å². The van der Waals surface area contributed by atoms with Crippen LogP contribution < -0.4 is 14.4 Å². The number of hydrogen-bond acceptors (Lipinski definition) is 7. The fourth-order valence-corrected chi connectivity index (χ4v) is 3.10. The molecule has 0 bridgehead atoms. The standard InChI is InChI=1S/C16H22BN3O4/c1-10-18-13-7-15(24-3)14(23-2)6-12(13)16(19-10)20-8-11(9-20)4-5-17(21)22/h6-7,11,21-22H,4-5,8-9H2,1-3H3. The highest BCUT2D eigenvalue weighted by Gasteiger charge is 2.30. The van der Waals surface area contributed by atoms with Crippen molar-refractivity contribution in [1.82, 2.24) is 9.97 Å². The average Bonchev–Trinajstić information content (AvgIpc) is 2.51. The lowest BCUT2D eigenvalue weighted by atomic mass is 9.79. The second-order valence-corrected chi connectivity index (χ2v) is 6.15. The molecule has 2 aromatic rings. The van der Waals surface area contributed by atoms with Crippen LogP contribution in [0.4, 0.5) is 5.82 Å². The van der Waals surface area contributed by atoms with Gasteiger partial charge >= 0.3 is 7.12 Å². The summed E-state index contributed by atoms with van der Waals surface area (Å²) < 4.78 is 10.7. The second-order valence-electron chi connectivity index (χ2n) is 6.15. The summed E-state index contributed by atoms with van der Waals surface area (Å²) in [6.45, 7) is 3.58. The van der Waals surface area contributed by atoms with Gasteiger partial charge in [0.2, 0.25) is 0 Å². The maximum atomic E-state index is 8.98. The van der Waals surface area contributed by atoms with Crippen LogP contribution in [0, 0.1) is 12.8 Å². The van der Waals surface area contributed by atoms with Gasteiger partial charge in [0.25, 0.3) is 0 Å². The molecule has 1 aromatic heterocycles. The number of nitrogens with zero attached hydrogens (tertiary/aromatic N) is 3. The van der Waals surface area contributed by atoms with Gasteiger partial charge in [-0.05, 0) is 31.6 Å². The van der Waals surface area contributed by atoms with Gasteiger partial charge in [0.1, 0.15) is 11.6 Å². The summed E-state index contributed by atoms with van der Waals surface area (Å²) in [5.74, 6) is 3.35. The summed E-state index contributed by atoms with van der Waals surface area (Å²) in [7, 11) is 1.99. The molecule has 1 fully saturated rings. The van der Waals surface area contributed by atoms with E-state index in [1.807, 2.05) is 19.1 Å². The Morgan fingerprint density at radius 3 is 2.46 bits per heavy atom. The van der Waals surface area contributed by atoms with Crippen molar-refractivity contribution in [2.24, 2.45) is 5.92 Å². The molecule has 0 unspecified atom stereocenters. The predicted molar refractivity (Wildman–Crippen MR) is 92.7 cm³/mol. The number of aromatic nitrogens is 2. The normalized spacial score (nSPS) is 14.6. The SMILES string of the molecule is COc1cc2nc(C)nc(N3CC(CCB(O)O)C3)c2cc1OC. The molecule has 1 saturated heterocycles. The third-order valence-electron chi connectivity index (χ3n) is 4.38. The van der Waals surface area contributed by atoms with Crippen molar-refractivity contribution in [3.05, 3.63) is 18.0 Å². The Kier molecular flexibility index (Phi) is 4.77. The topological polar surface area (TPSA) is 87.9 Å². The van der Waals surface area contributed by atoms with Gasteiger partial charge in [0, 0.05) is 24.5 Å². The number of aryl methyl sites for hydroxylation is 1. The number of ether oxygens (including phenoxy) is 2. The Labute approximate surface area is 141 Å². The number of hydrogen-bond donors (Lipinski definition) is 2. The van der Waals surface area contributed by atoms with E-state index in [2.05, 4.69) is 14.9 Å². The monoisotopic (exact) mass is 331 g/mol. The van der Waals surface area contributed by atoms with Crippen LogP contribution in [0.1, 0.15) is 12.2 Å². The molecule has 0 aliphatic carbocycles. The van der Waals surface area contributed by atoms with Crippen LogP contribution in [0.15, 0.2) is 12.1 Å². The largest absolute Gasteiger partial charge is 0.493 e. The lowest BCUT2D eigenvalue weighted by Crippen LogP contribution is -2.47. The zero-order valence-corrected chi connectivity index (χ0v) is 14.2. The van der Waals surface area contributed by atoms with E-state index in [1.54, 1.807) is 14.2 Å². The summed E-state index contributed by atoms with van der Waals surface area (Å²) in [6, 6.07) is 3.78. The van der Waals surface area contributed by atoms with Gasteiger partial charge in [-0.25, -0.2) is 9.97 Å². The summed E-state index contributed by atoms with van der Waals surface area (Å²) >= 11 is 0. The van der Waals surface area contributed by atoms with Gasteiger partial charge in [0.15, 0.2) is 11.5 Å². The van der Waals surface area contributed by atoms with Crippen LogP contribution >= 0.6 is 0 Å². The van der Waals surface area contributed by atoms with Gasteiger partial charge in [-0.3, -0.25) is 0 Å². The first-order chi connectivity index (χ1) is 11.5. The van der Waals surface area contributed by atoms with E-state index in [1.165, 1.54) is 0 Å². The van der Waals surface area contributed by atoms with Crippen molar-refractivity contribution in [1.29, 1.82) is 0 Å². The average molecular weight is 331 g/mol. The van der Waals surface area contributed by atoms with Crippen LogP contribution in [0.3, 0.4) is 0 Å². The van der Waals surface area contributed by atoms with Gasteiger partial charge in [-0.1, -0.05) is 0 Å². The van der Waals surface area contributed by atoms with Gasteiger partial charge in [0.05, 0.1) is 19.7 Å². The molecule has 1 aromatic carbocycles. The van der Waals surface area contributed by atoms with E-state index in [0.29, 0.717) is 29.6 Å². The molecular weight excluding hydrogens is 309 g/mol. The molecule has 1 aliphatic rings. The summed E-state index contributed by atoms with van der Waals surface area (Å²) in [6.07, 6.45) is 1.21. The van der Waals surface area contributed by atoms with E-state index in [0.717, 1.165) is 36.2 Å². The second kappa shape index (κ2) is 6.82. The highest BCUT2D eigenvalue weighted by Crippen LogP contribution is 2.37. The molecule has 0 saturated carbocycles. The van der Waals surface area contributed by atoms with E-state index >= 15 is 0 Å². The number of methoxy groups -OCH3 is 2. The fraction of sp³-hybridized carbons (Fsp3) is 0.500. The molecular formula is C16H22BN3O4. The Morgan fingerprint density at radius 1 is 1.17 bits per heavy atom. The maximum Gasteiger partial charge on any atom is 0.451 e. The quantitative estimate of drug-likeness (QED) is 0.770. The molecule has 0 spiro atoms. The van der Waals surface area contributed by atoms with Gasteiger partial charge in [-0.15, -0.1) is 0 Å². The molecule has 7 nitrogen and oxygen atoms in total. The first-order valence-corrected chi connectivity index (χ1v) is 8.03. The summed E-state index contributed by atoms with van der Waals surface area (Å²) in [4.78, 5) is 11.3. The Bertz CT molecular complexity index is 735. The van der Waals surface area contributed by atoms with Crippen molar-refractivity contribution in [3.8, 4) is 11.5 Å². The molecule has 2 heterocycles. The molecule has 3 rings (SSSR count). The van der Waals surface area contributed by atoms with Crippen molar-refractivity contribution in [2.75, 3.05) is 32.2 Å². The number of fused-ring (bicyclic) bond motifs is 1. The molecule has 8 heteroatoms. The molecule has 24 heavy (non-hydrogen) atoms. The van der Waals surface area contributed by atoms with Crippen molar-refractivity contribution in [3.63, 3.8) is 0 Å². The number of benzene rings is 1. The summed E-state index contributed by atoms with van der Waals surface area (Å²) in [5.41, 5.74) is 0.824. The van der Waals surface area contributed by atoms with Crippen LogP contribution in [-0.4, -0.2) is 54.4 Å². The first kappa shape index (κ1) is 16.8. The molecule has 128 valence electrons. The van der Waals surface area contributed by atoms with Crippen LogP contribution in [-0.2, 0) is 0 Å². The van der Waals surface area contributed by atoms with Crippen LogP contribution in [0.25, 0.3) is 10.9 Å². The van der Waals surface area contributed by atoms with Crippen LogP contribution in [0.5, 0.6) is 11.5 Å². The Balaban J connectivity index is 1.88. The van der Waals surface area contributed by atoms with Gasteiger partial charge in [-0.2, -0.15) is 0 Å². The highest BCUT2D eigenvalue weighted by atomic mass is 16.5. The zero-order valence-electron chi connectivity index (χ0n) is 14.2. The lowest BCUT2D eigenvalue weighted by molar-refractivity contribution is 0.355. The third kappa shape index (κ3) is 3.25. The molecule has 0 amide bonds. The van der Waals surface area contributed by atoms with Crippen molar-refractivity contribution >= 4 is 23.8 Å². The molecule has 1 aliphatic heterocycles. The number of anilines is 1. The smallest absolute Gasteiger partial charge is 0.451 e. The first-order valence-electron chi connectivity index (χ1n) is 8.03. The Morgan fingerprint density at radius 2 is 1.83 bits per heavy atom. The van der Waals surface area contributed by atoms with E-state index in [-0.39, 0.29) is 0 Å². The number of rotatable bonds is 6. The van der Waals surface area contributed by atoms with Crippen LogP contribution in [0.2, 0.25) is 6.32 Å². The maximum absolute atomic E-state index is 8.98. The summed E-state index contributed by atoms with van der Waals surface area (Å²) in [5, 5.41) is 18.9. The lowest BCUT2D eigenvalue weighted by Gasteiger charge is -2.41. The molecule has 0 radical (unpaired) electrons. The van der Waals surface area contributed by atoms with Crippen molar-refractivity contribution < 1.29 is 19.5 Å². The zero-order chi connectivity index (χ0) is 17.3. The molecule has 0 atom stereocenters. The highest BCUT2D eigenvalue weighted by molar-refractivity contribution is 6.40. The fourth-order valence-electron chi connectivity index (χ4n) is 3.10. The predicted octanol–water partition coefficient (Wildman–Crippen LogP) is 1.25. The molecule has 2 N–H and O–H groups in total. The van der Waals surface area contributed by atoms with E-state index in [4.69, 9.17) is 19.5 Å². The van der Waals surface area contributed by atoms with E-state index in [9.17, 15) is 0 Å². The minimum absolute atomic E-state index is 0.410.